The number of carbonyl (C=O) groups excluding carboxylic acids is 1. The number of carbonyl (C=O) groups is 1. The summed E-state index contributed by atoms with van der Waals surface area (Å²) in [6.07, 6.45) is 0. The lowest BCUT2D eigenvalue weighted by molar-refractivity contribution is -0.633. The molecule has 4 nitrogen and oxygen atoms in total. The standard InChI is InChI=1S/C4ClF4NO3/c5-3(11)1(6)2(7)4(8,9)10(12)13/b2-1+. The third kappa shape index (κ3) is 2.38. The zero-order valence-corrected chi connectivity index (χ0v) is 6.32. The summed E-state index contributed by atoms with van der Waals surface area (Å²) in [6.45, 7) is 0. The second kappa shape index (κ2) is 3.69. The summed E-state index contributed by atoms with van der Waals surface area (Å²) in [4.78, 5) is 16.9. The summed E-state index contributed by atoms with van der Waals surface area (Å²) < 4.78 is 48.0. The van der Waals surface area contributed by atoms with Crippen LogP contribution in [0.3, 0.4) is 0 Å². The van der Waals surface area contributed by atoms with Crippen LogP contribution in [-0.4, -0.2) is 16.2 Å². The van der Waals surface area contributed by atoms with E-state index in [1.54, 1.807) is 0 Å². The van der Waals surface area contributed by atoms with Gasteiger partial charge in [0.25, 0.3) is 11.1 Å². The predicted octanol–water partition coefficient (Wildman–Crippen LogP) is 1.77. The SMILES string of the molecule is O=C(Cl)/C(F)=C(\F)C(F)(F)[N+](=O)[O-]. The highest BCUT2D eigenvalue weighted by Gasteiger charge is 2.53. The molecule has 13 heavy (non-hydrogen) atoms. The van der Waals surface area contributed by atoms with Gasteiger partial charge in [0.15, 0.2) is 0 Å². The van der Waals surface area contributed by atoms with E-state index < -0.39 is 27.9 Å². The number of allylic oxidation sites excluding steroid dienone is 1. The van der Waals surface area contributed by atoms with Crippen molar-refractivity contribution in [3.05, 3.63) is 21.8 Å². The van der Waals surface area contributed by atoms with Crippen molar-refractivity contribution in [1.29, 1.82) is 0 Å². The molecule has 0 aromatic rings. The monoisotopic (exact) mass is 221 g/mol. The van der Waals surface area contributed by atoms with Crippen molar-refractivity contribution in [2.45, 2.75) is 6.05 Å². The molecule has 0 saturated carbocycles. The number of hydrogen-bond acceptors (Lipinski definition) is 3. The van der Waals surface area contributed by atoms with Gasteiger partial charge in [0.2, 0.25) is 5.83 Å². The van der Waals surface area contributed by atoms with E-state index in [-0.39, 0.29) is 0 Å². The molecule has 0 aliphatic heterocycles. The van der Waals surface area contributed by atoms with Crippen LogP contribution in [0.5, 0.6) is 0 Å². The molecule has 9 heteroatoms. The molecule has 0 radical (unpaired) electrons. The van der Waals surface area contributed by atoms with Crippen molar-refractivity contribution in [2.24, 2.45) is 0 Å². The van der Waals surface area contributed by atoms with Crippen LogP contribution >= 0.6 is 11.6 Å². The number of nitro groups is 1. The third-order valence-corrected chi connectivity index (χ3v) is 1.02. The largest absolute Gasteiger partial charge is 0.569 e. The van der Waals surface area contributed by atoms with Gasteiger partial charge in [-0.15, -0.1) is 8.78 Å². The van der Waals surface area contributed by atoms with Crippen molar-refractivity contribution < 1.29 is 27.3 Å². The third-order valence-electron chi connectivity index (χ3n) is 0.859. The fraction of sp³-hybridized carbons (Fsp3) is 0.250. The van der Waals surface area contributed by atoms with E-state index in [0.29, 0.717) is 0 Å². The normalized spacial score (nSPS) is 13.6. The Kier molecular flexibility index (Phi) is 3.35. The molecule has 0 atom stereocenters. The Bertz CT molecular complexity index is 289. The van der Waals surface area contributed by atoms with Gasteiger partial charge in [-0.05, 0) is 11.6 Å². The molecule has 0 spiro atoms. The maximum Gasteiger partial charge on any atom is 0.569 e. The van der Waals surface area contributed by atoms with Gasteiger partial charge in [-0.25, -0.2) is 0 Å². The summed E-state index contributed by atoms with van der Waals surface area (Å²) in [5.41, 5.74) is 0. The summed E-state index contributed by atoms with van der Waals surface area (Å²) in [6, 6.07) is -5.28. The topological polar surface area (TPSA) is 60.2 Å². The summed E-state index contributed by atoms with van der Waals surface area (Å²) in [7, 11) is 0. The second-order valence-corrected chi connectivity index (χ2v) is 2.04. The average Bonchev–Trinajstić information content (AvgIpc) is 2.01. The van der Waals surface area contributed by atoms with Gasteiger partial charge in [-0.1, -0.05) is 0 Å². The first-order valence-corrected chi connectivity index (χ1v) is 2.87. The molecule has 74 valence electrons. The Labute approximate surface area is 72.9 Å². The molecule has 0 aromatic carbocycles. The molecule has 0 rings (SSSR count). The minimum Gasteiger partial charge on any atom is -0.273 e. The fourth-order valence-electron chi connectivity index (χ4n) is 0.298. The Hall–Kier alpha value is -1.18. The predicted molar refractivity (Wildman–Crippen MR) is 32.0 cm³/mol. The van der Waals surface area contributed by atoms with Crippen LogP contribution in [-0.2, 0) is 4.79 Å². The molecule has 0 bridgehead atoms. The Morgan fingerprint density at radius 3 is 2.00 bits per heavy atom. The lowest BCUT2D eigenvalue weighted by Gasteiger charge is -2.03. The molecule has 0 saturated heterocycles. The van der Waals surface area contributed by atoms with Crippen molar-refractivity contribution >= 4 is 16.8 Å². The van der Waals surface area contributed by atoms with E-state index in [0.717, 1.165) is 0 Å². The van der Waals surface area contributed by atoms with E-state index in [1.165, 1.54) is 0 Å². The molecule has 0 aliphatic carbocycles. The van der Waals surface area contributed by atoms with Crippen LogP contribution in [0.15, 0.2) is 11.7 Å². The molecular formula is C4ClF4NO3. The first-order valence-electron chi connectivity index (χ1n) is 2.49. The summed E-state index contributed by atoms with van der Waals surface area (Å²) in [5.74, 6) is -5.79. The molecule has 0 aromatic heterocycles. The van der Waals surface area contributed by atoms with Gasteiger partial charge in [-0.2, -0.15) is 8.78 Å². The van der Waals surface area contributed by atoms with Crippen LogP contribution in [0, 0.1) is 10.1 Å². The quantitative estimate of drug-likeness (QED) is 0.182. The minimum atomic E-state index is -5.28. The van der Waals surface area contributed by atoms with E-state index in [2.05, 4.69) is 11.6 Å². The van der Waals surface area contributed by atoms with Crippen LogP contribution in [0.1, 0.15) is 0 Å². The van der Waals surface area contributed by atoms with E-state index in [4.69, 9.17) is 0 Å². The lowest BCUT2D eigenvalue weighted by Crippen LogP contribution is -2.29. The zero-order chi connectivity index (χ0) is 10.8. The molecule has 0 unspecified atom stereocenters. The van der Waals surface area contributed by atoms with Crippen molar-refractivity contribution in [3.63, 3.8) is 0 Å². The Morgan fingerprint density at radius 1 is 1.38 bits per heavy atom. The highest BCUT2D eigenvalue weighted by molar-refractivity contribution is 6.67. The van der Waals surface area contributed by atoms with Crippen LogP contribution < -0.4 is 0 Å². The highest BCUT2D eigenvalue weighted by atomic mass is 35.5. The zero-order valence-electron chi connectivity index (χ0n) is 5.56. The molecule has 0 N–H and O–H groups in total. The number of nitrogens with zero attached hydrogens (tertiary/aromatic N) is 1. The van der Waals surface area contributed by atoms with Crippen molar-refractivity contribution in [1.82, 2.24) is 0 Å². The van der Waals surface area contributed by atoms with E-state index in [9.17, 15) is 32.5 Å². The van der Waals surface area contributed by atoms with Gasteiger partial charge in [0.05, 0.1) is 0 Å². The Morgan fingerprint density at radius 2 is 1.77 bits per heavy atom. The summed E-state index contributed by atoms with van der Waals surface area (Å²) >= 11 is 4.27. The maximum atomic E-state index is 12.1. The molecule has 0 amide bonds. The number of hydrogen-bond donors (Lipinski definition) is 0. The minimum absolute atomic E-state index is 2.17. The fourth-order valence-corrected chi connectivity index (χ4v) is 0.381. The van der Waals surface area contributed by atoms with Crippen molar-refractivity contribution in [3.8, 4) is 0 Å². The van der Waals surface area contributed by atoms with Crippen molar-refractivity contribution in [2.75, 3.05) is 0 Å². The van der Waals surface area contributed by atoms with E-state index >= 15 is 0 Å². The number of halogens is 5. The number of rotatable bonds is 3. The van der Waals surface area contributed by atoms with Gasteiger partial charge in [-0.3, -0.25) is 14.9 Å². The highest BCUT2D eigenvalue weighted by Crippen LogP contribution is 2.29. The molecule has 0 fully saturated rings. The van der Waals surface area contributed by atoms with Crippen LogP contribution in [0.2, 0.25) is 0 Å². The van der Waals surface area contributed by atoms with Crippen LogP contribution in [0.4, 0.5) is 17.6 Å². The van der Waals surface area contributed by atoms with Gasteiger partial charge in [0, 0.05) is 0 Å². The first-order chi connectivity index (χ1) is 5.71. The van der Waals surface area contributed by atoms with Gasteiger partial charge in [0.1, 0.15) is 4.92 Å². The second-order valence-electron chi connectivity index (χ2n) is 1.70. The summed E-state index contributed by atoms with van der Waals surface area (Å²) in [5, 5.41) is 7.28. The van der Waals surface area contributed by atoms with E-state index in [1.807, 2.05) is 0 Å². The molecule has 0 aliphatic rings. The molecular weight excluding hydrogens is 221 g/mol. The number of alkyl halides is 2. The van der Waals surface area contributed by atoms with Gasteiger partial charge >= 0.3 is 6.05 Å². The maximum absolute atomic E-state index is 12.1. The molecule has 0 heterocycles. The average molecular weight is 221 g/mol. The smallest absolute Gasteiger partial charge is 0.273 e. The Balaban J connectivity index is 5.20. The van der Waals surface area contributed by atoms with Gasteiger partial charge < -0.3 is 0 Å². The van der Waals surface area contributed by atoms with Crippen LogP contribution in [0.25, 0.3) is 0 Å². The first kappa shape index (κ1) is 11.8. The lowest BCUT2D eigenvalue weighted by atomic mass is 10.4.